The van der Waals surface area contributed by atoms with Crippen LogP contribution < -0.4 is 5.73 Å². The van der Waals surface area contributed by atoms with Crippen LogP contribution in [0, 0.1) is 0 Å². The highest BCUT2D eigenvalue weighted by Gasteiger charge is 2.29. The summed E-state index contributed by atoms with van der Waals surface area (Å²) in [5, 5.41) is 0. The molecule has 0 saturated carbocycles. The van der Waals surface area contributed by atoms with Crippen molar-refractivity contribution >= 4 is 11.5 Å². The Morgan fingerprint density at radius 1 is 1.22 bits per heavy atom. The van der Waals surface area contributed by atoms with E-state index in [4.69, 9.17) is 10.2 Å². The maximum Gasteiger partial charge on any atom is 0.147 e. The third kappa shape index (κ3) is 2.45. The SMILES string of the molecule is CC(C)(C(=O)Cc1ccoc1)c1ccc(N)cc1. The number of Topliss-reactive ketones (excluding diaryl/α,β-unsaturated/α-hetero) is 1. The van der Waals surface area contributed by atoms with Gasteiger partial charge in [0.2, 0.25) is 0 Å². The summed E-state index contributed by atoms with van der Waals surface area (Å²) in [6.07, 6.45) is 3.57. The van der Waals surface area contributed by atoms with E-state index in [0.29, 0.717) is 12.1 Å². The van der Waals surface area contributed by atoms with Crippen LogP contribution >= 0.6 is 0 Å². The second kappa shape index (κ2) is 4.69. The molecule has 0 bridgehead atoms. The Kier molecular flexibility index (Phi) is 3.24. The molecule has 0 aliphatic rings. The molecule has 0 amide bonds. The number of anilines is 1. The first-order valence-corrected chi connectivity index (χ1v) is 5.90. The maximum atomic E-state index is 12.3. The van der Waals surface area contributed by atoms with Crippen LogP contribution in [0.5, 0.6) is 0 Å². The molecule has 1 heterocycles. The predicted octanol–water partition coefficient (Wildman–Crippen LogP) is 2.95. The summed E-state index contributed by atoms with van der Waals surface area (Å²) in [6, 6.07) is 9.27. The molecule has 3 nitrogen and oxygen atoms in total. The van der Waals surface area contributed by atoms with E-state index in [1.54, 1.807) is 12.5 Å². The topological polar surface area (TPSA) is 56.2 Å². The second-order valence-electron chi connectivity index (χ2n) is 4.98. The van der Waals surface area contributed by atoms with Gasteiger partial charge in [0.15, 0.2) is 0 Å². The van der Waals surface area contributed by atoms with Crippen LogP contribution in [-0.2, 0) is 16.6 Å². The Hall–Kier alpha value is -2.03. The van der Waals surface area contributed by atoms with Crippen LogP contribution in [0.1, 0.15) is 25.0 Å². The summed E-state index contributed by atoms with van der Waals surface area (Å²) in [5.41, 5.74) is 7.72. The summed E-state index contributed by atoms with van der Waals surface area (Å²) >= 11 is 0. The molecule has 18 heavy (non-hydrogen) atoms. The molecular formula is C15H17NO2. The Balaban J connectivity index is 2.19. The van der Waals surface area contributed by atoms with E-state index in [1.165, 1.54) is 0 Å². The fraction of sp³-hybridized carbons (Fsp3) is 0.267. The van der Waals surface area contributed by atoms with E-state index in [2.05, 4.69) is 0 Å². The molecule has 0 radical (unpaired) electrons. The quantitative estimate of drug-likeness (QED) is 0.840. The molecule has 0 spiro atoms. The number of furan rings is 1. The van der Waals surface area contributed by atoms with Crippen molar-refractivity contribution in [3.63, 3.8) is 0 Å². The first-order valence-electron chi connectivity index (χ1n) is 5.90. The Morgan fingerprint density at radius 2 is 1.89 bits per heavy atom. The van der Waals surface area contributed by atoms with E-state index in [0.717, 1.165) is 11.1 Å². The predicted molar refractivity (Wildman–Crippen MR) is 71.3 cm³/mol. The zero-order chi connectivity index (χ0) is 13.2. The number of nitrogen functional groups attached to an aromatic ring is 1. The first-order chi connectivity index (χ1) is 8.50. The minimum atomic E-state index is -0.523. The van der Waals surface area contributed by atoms with Crippen LogP contribution in [0.3, 0.4) is 0 Å². The number of ketones is 1. The monoisotopic (exact) mass is 243 g/mol. The lowest BCUT2D eigenvalue weighted by molar-refractivity contribution is -0.122. The fourth-order valence-electron chi connectivity index (χ4n) is 1.86. The molecule has 2 rings (SSSR count). The molecule has 0 saturated heterocycles. The van der Waals surface area contributed by atoms with Gasteiger partial charge < -0.3 is 10.2 Å². The number of rotatable bonds is 4. The lowest BCUT2D eigenvalue weighted by Crippen LogP contribution is -2.30. The van der Waals surface area contributed by atoms with Crippen molar-refractivity contribution in [1.29, 1.82) is 0 Å². The van der Waals surface area contributed by atoms with Crippen LogP contribution in [0.25, 0.3) is 0 Å². The largest absolute Gasteiger partial charge is 0.472 e. The summed E-state index contributed by atoms with van der Waals surface area (Å²) in [4.78, 5) is 12.3. The highest BCUT2D eigenvalue weighted by atomic mass is 16.3. The van der Waals surface area contributed by atoms with Gasteiger partial charge in [-0.15, -0.1) is 0 Å². The average molecular weight is 243 g/mol. The van der Waals surface area contributed by atoms with Crippen molar-refractivity contribution in [3.8, 4) is 0 Å². The molecule has 0 fully saturated rings. The number of nitrogens with two attached hydrogens (primary N) is 1. The van der Waals surface area contributed by atoms with Crippen LogP contribution in [0.2, 0.25) is 0 Å². The van der Waals surface area contributed by atoms with Gasteiger partial charge in [-0.25, -0.2) is 0 Å². The number of hydrogen-bond acceptors (Lipinski definition) is 3. The van der Waals surface area contributed by atoms with Crippen molar-refractivity contribution in [2.45, 2.75) is 25.7 Å². The van der Waals surface area contributed by atoms with E-state index < -0.39 is 5.41 Å². The van der Waals surface area contributed by atoms with Crippen molar-refractivity contribution in [2.75, 3.05) is 5.73 Å². The minimum Gasteiger partial charge on any atom is -0.472 e. The zero-order valence-corrected chi connectivity index (χ0v) is 10.6. The Morgan fingerprint density at radius 3 is 2.44 bits per heavy atom. The lowest BCUT2D eigenvalue weighted by Gasteiger charge is -2.23. The minimum absolute atomic E-state index is 0.161. The Bertz CT molecular complexity index is 524. The number of hydrogen-bond donors (Lipinski definition) is 1. The molecule has 1 aromatic heterocycles. The summed E-state index contributed by atoms with van der Waals surface area (Å²) in [7, 11) is 0. The van der Waals surface area contributed by atoms with E-state index in [1.807, 2.05) is 44.2 Å². The van der Waals surface area contributed by atoms with Gasteiger partial charge in [-0.2, -0.15) is 0 Å². The summed E-state index contributed by atoms with van der Waals surface area (Å²) in [6.45, 7) is 3.86. The number of carbonyl (C=O) groups excluding carboxylic acids is 1. The van der Waals surface area contributed by atoms with E-state index in [-0.39, 0.29) is 5.78 Å². The van der Waals surface area contributed by atoms with Crippen molar-refractivity contribution in [3.05, 3.63) is 54.0 Å². The molecule has 0 atom stereocenters. The van der Waals surface area contributed by atoms with Gasteiger partial charge in [0.05, 0.1) is 12.5 Å². The van der Waals surface area contributed by atoms with Gasteiger partial charge in [0.1, 0.15) is 5.78 Å². The summed E-state index contributed by atoms with van der Waals surface area (Å²) < 4.78 is 4.98. The van der Waals surface area contributed by atoms with Gasteiger partial charge in [-0.3, -0.25) is 4.79 Å². The van der Waals surface area contributed by atoms with Crippen LogP contribution in [0.4, 0.5) is 5.69 Å². The Labute approximate surface area is 107 Å². The molecule has 0 unspecified atom stereocenters. The van der Waals surface area contributed by atoms with E-state index in [9.17, 15) is 4.79 Å². The van der Waals surface area contributed by atoms with Gasteiger partial charge in [0, 0.05) is 17.5 Å². The molecule has 1 aromatic carbocycles. The van der Waals surface area contributed by atoms with Gasteiger partial charge in [-0.05, 0) is 43.2 Å². The van der Waals surface area contributed by atoms with Crippen molar-refractivity contribution in [1.82, 2.24) is 0 Å². The second-order valence-corrected chi connectivity index (χ2v) is 4.98. The van der Waals surface area contributed by atoms with Crippen LogP contribution in [-0.4, -0.2) is 5.78 Å². The standard InChI is InChI=1S/C15H17NO2/c1-15(2,12-3-5-13(16)6-4-12)14(17)9-11-7-8-18-10-11/h3-8,10H,9,16H2,1-2H3. The van der Waals surface area contributed by atoms with Gasteiger partial charge in [-0.1, -0.05) is 12.1 Å². The smallest absolute Gasteiger partial charge is 0.147 e. The van der Waals surface area contributed by atoms with Gasteiger partial charge in [0.25, 0.3) is 0 Å². The maximum absolute atomic E-state index is 12.3. The van der Waals surface area contributed by atoms with Gasteiger partial charge >= 0.3 is 0 Å². The fourth-order valence-corrected chi connectivity index (χ4v) is 1.86. The third-order valence-corrected chi connectivity index (χ3v) is 3.27. The number of carbonyl (C=O) groups is 1. The van der Waals surface area contributed by atoms with Crippen molar-refractivity contribution in [2.24, 2.45) is 0 Å². The molecule has 3 heteroatoms. The van der Waals surface area contributed by atoms with Crippen molar-refractivity contribution < 1.29 is 9.21 Å². The summed E-state index contributed by atoms with van der Waals surface area (Å²) in [5.74, 6) is 0.161. The normalized spacial score (nSPS) is 11.4. The lowest BCUT2D eigenvalue weighted by atomic mass is 9.78. The molecule has 94 valence electrons. The third-order valence-electron chi connectivity index (χ3n) is 3.27. The highest BCUT2D eigenvalue weighted by molar-refractivity contribution is 5.91. The molecule has 0 aliphatic carbocycles. The molecular weight excluding hydrogens is 226 g/mol. The highest BCUT2D eigenvalue weighted by Crippen LogP contribution is 2.26. The first kappa shape index (κ1) is 12.4. The number of benzene rings is 1. The average Bonchev–Trinajstić information content (AvgIpc) is 2.82. The molecule has 0 aliphatic heterocycles. The molecule has 2 aromatic rings. The molecule has 2 N–H and O–H groups in total. The zero-order valence-electron chi connectivity index (χ0n) is 10.6. The van der Waals surface area contributed by atoms with Crippen LogP contribution in [0.15, 0.2) is 47.3 Å². The van der Waals surface area contributed by atoms with E-state index >= 15 is 0 Å².